The number of methoxy groups -OCH3 is 3. The maximum absolute atomic E-state index is 12.4. The van der Waals surface area contributed by atoms with E-state index in [-0.39, 0.29) is 11.5 Å². The molecule has 0 saturated heterocycles. The molecule has 1 heterocycles. The number of hydrogen-bond donors (Lipinski definition) is 2. The maximum Gasteiger partial charge on any atom is 0.279 e. The maximum atomic E-state index is 12.4. The van der Waals surface area contributed by atoms with E-state index in [4.69, 9.17) is 14.2 Å². The fraction of sp³-hybridized carbons (Fsp3) is 0.333. The van der Waals surface area contributed by atoms with Gasteiger partial charge in [0.1, 0.15) is 0 Å². The second-order valence-electron chi connectivity index (χ2n) is 5.37. The lowest BCUT2D eigenvalue weighted by molar-refractivity contribution is 0.0848. The summed E-state index contributed by atoms with van der Waals surface area (Å²) in [6.45, 7) is 4.00. The molecular formula is C18H22N2O5S. The zero-order valence-electron chi connectivity index (χ0n) is 15.4. The molecule has 0 atom stereocenters. The monoisotopic (exact) mass is 378 g/mol. The summed E-state index contributed by atoms with van der Waals surface area (Å²) in [4.78, 5) is 26.2. The molecule has 0 aliphatic carbocycles. The van der Waals surface area contributed by atoms with Crippen LogP contribution in [0, 0.1) is 6.92 Å². The van der Waals surface area contributed by atoms with Gasteiger partial charge in [-0.3, -0.25) is 20.4 Å². The molecule has 2 N–H and O–H groups in total. The van der Waals surface area contributed by atoms with Crippen LogP contribution in [0.3, 0.4) is 0 Å². The lowest BCUT2D eigenvalue weighted by Gasteiger charge is -2.14. The molecule has 1 aromatic carbocycles. The molecule has 2 rings (SSSR count). The van der Waals surface area contributed by atoms with Crippen molar-refractivity contribution < 1.29 is 23.8 Å². The molecule has 0 bridgehead atoms. The minimum atomic E-state index is -0.499. The van der Waals surface area contributed by atoms with Gasteiger partial charge in [-0.1, -0.05) is 6.92 Å². The third kappa shape index (κ3) is 4.08. The van der Waals surface area contributed by atoms with Crippen molar-refractivity contribution in [3.63, 3.8) is 0 Å². The van der Waals surface area contributed by atoms with Crippen molar-refractivity contribution in [2.75, 3.05) is 21.3 Å². The van der Waals surface area contributed by atoms with E-state index in [2.05, 4.69) is 10.9 Å². The second-order valence-corrected chi connectivity index (χ2v) is 6.62. The van der Waals surface area contributed by atoms with Gasteiger partial charge in [-0.25, -0.2) is 0 Å². The molecule has 7 nitrogen and oxygen atoms in total. The molecular weight excluding hydrogens is 356 g/mol. The van der Waals surface area contributed by atoms with Crippen LogP contribution in [0.2, 0.25) is 0 Å². The summed E-state index contributed by atoms with van der Waals surface area (Å²) in [7, 11) is 4.41. The first-order valence-electron chi connectivity index (χ1n) is 7.95. The quantitative estimate of drug-likeness (QED) is 0.755. The number of nitrogens with one attached hydrogen (secondary N) is 2. The van der Waals surface area contributed by atoms with E-state index in [0.29, 0.717) is 22.1 Å². The molecule has 8 heteroatoms. The number of carbonyl (C=O) groups excluding carboxylic acids is 2. The number of hydrogen-bond acceptors (Lipinski definition) is 6. The van der Waals surface area contributed by atoms with Crippen molar-refractivity contribution in [1.29, 1.82) is 0 Å². The van der Waals surface area contributed by atoms with Gasteiger partial charge in [-0.2, -0.15) is 0 Å². The Morgan fingerprint density at radius 2 is 1.54 bits per heavy atom. The number of amides is 2. The van der Waals surface area contributed by atoms with Crippen molar-refractivity contribution in [2.45, 2.75) is 20.3 Å². The largest absolute Gasteiger partial charge is 0.493 e. The third-order valence-electron chi connectivity index (χ3n) is 3.84. The smallest absolute Gasteiger partial charge is 0.279 e. The highest BCUT2D eigenvalue weighted by Gasteiger charge is 2.18. The van der Waals surface area contributed by atoms with Gasteiger partial charge in [0, 0.05) is 10.4 Å². The minimum absolute atomic E-state index is 0.261. The van der Waals surface area contributed by atoms with Crippen LogP contribution in [0.1, 0.15) is 37.4 Å². The summed E-state index contributed by atoms with van der Waals surface area (Å²) >= 11 is 1.39. The zero-order chi connectivity index (χ0) is 19.3. The number of hydrazine groups is 1. The van der Waals surface area contributed by atoms with Crippen LogP contribution in [-0.4, -0.2) is 33.1 Å². The van der Waals surface area contributed by atoms with E-state index >= 15 is 0 Å². The Balaban J connectivity index is 2.13. The zero-order valence-corrected chi connectivity index (χ0v) is 16.2. The van der Waals surface area contributed by atoms with Crippen LogP contribution < -0.4 is 25.1 Å². The van der Waals surface area contributed by atoms with Gasteiger partial charge in [-0.15, -0.1) is 11.3 Å². The Bertz CT molecular complexity index is 791. The van der Waals surface area contributed by atoms with Gasteiger partial charge in [0.2, 0.25) is 5.75 Å². The minimum Gasteiger partial charge on any atom is -0.493 e. The van der Waals surface area contributed by atoms with Gasteiger partial charge in [0.25, 0.3) is 11.8 Å². The number of rotatable bonds is 6. The van der Waals surface area contributed by atoms with Crippen molar-refractivity contribution in [3.8, 4) is 17.2 Å². The Morgan fingerprint density at radius 1 is 0.962 bits per heavy atom. The summed E-state index contributed by atoms with van der Waals surface area (Å²) in [5.41, 5.74) is 6.21. The number of aryl methyl sites for hydroxylation is 2. The first-order chi connectivity index (χ1) is 12.4. The summed E-state index contributed by atoms with van der Waals surface area (Å²) in [6.07, 6.45) is 0.855. The van der Waals surface area contributed by atoms with Crippen LogP contribution in [0.5, 0.6) is 17.2 Å². The first-order valence-corrected chi connectivity index (χ1v) is 8.76. The van der Waals surface area contributed by atoms with Crippen LogP contribution in [0.4, 0.5) is 0 Å². The van der Waals surface area contributed by atoms with E-state index < -0.39 is 5.91 Å². The molecule has 0 aliphatic rings. The Hall–Kier alpha value is -2.74. The number of thiophene rings is 1. The SMILES string of the molecule is CCc1cc(C(=O)NNC(=O)c2cc(OC)c(OC)c(OC)c2)sc1C. The molecule has 0 spiro atoms. The average molecular weight is 378 g/mol. The van der Waals surface area contributed by atoms with E-state index in [0.717, 1.165) is 16.9 Å². The highest BCUT2D eigenvalue weighted by molar-refractivity contribution is 7.14. The molecule has 140 valence electrons. The number of benzene rings is 1. The Labute approximate surface area is 156 Å². The molecule has 0 radical (unpaired) electrons. The van der Waals surface area contributed by atoms with Crippen LogP contribution in [-0.2, 0) is 6.42 Å². The predicted octanol–water partition coefficient (Wildman–Crippen LogP) is 2.72. The highest BCUT2D eigenvalue weighted by Crippen LogP contribution is 2.38. The average Bonchev–Trinajstić information content (AvgIpc) is 3.05. The van der Waals surface area contributed by atoms with Gasteiger partial charge in [0.15, 0.2) is 11.5 Å². The number of ether oxygens (including phenoxy) is 3. The lowest BCUT2D eigenvalue weighted by atomic mass is 10.1. The molecule has 0 aliphatic heterocycles. The predicted molar refractivity (Wildman–Crippen MR) is 99.5 cm³/mol. The molecule has 2 amide bonds. The van der Waals surface area contributed by atoms with Crippen LogP contribution in [0.25, 0.3) is 0 Å². The van der Waals surface area contributed by atoms with Gasteiger partial charge < -0.3 is 14.2 Å². The lowest BCUT2D eigenvalue weighted by Crippen LogP contribution is -2.41. The molecule has 0 fully saturated rings. The standard InChI is InChI=1S/C18H22N2O5S/c1-6-11-9-15(26-10(11)2)18(22)20-19-17(21)12-7-13(23-3)16(25-5)14(8-12)24-4/h7-9H,6H2,1-5H3,(H,19,21)(H,20,22). The van der Waals surface area contributed by atoms with Crippen molar-refractivity contribution >= 4 is 23.2 Å². The van der Waals surface area contributed by atoms with Crippen molar-refractivity contribution in [3.05, 3.63) is 39.1 Å². The first kappa shape index (κ1) is 19.6. The second kappa shape index (κ2) is 8.57. The van der Waals surface area contributed by atoms with E-state index in [1.165, 1.54) is 44.8 Å². The van der Waals surface area contributed by atoms with Crippen LogP contribution >= 0.6 is 11.3 Å². The fourth-order valence-electron chi connectivity index (χ4n) is 2.44. The topological polar surface area (TPSA) is 85.9 Å². The van der Waals surface area contributed by atoms with Gasteiger partial charge >= 0.3 is 0 Å². The Kier molecular flexibility index (Phi) is 6.46. The summed E-state index contributed by atoms with van der Waals surface area (Å²) < 4.78 is 15.7. The number of carbonyl (C=O) groups is 2. The summed E-state index contributed by atoms with van der Waals surface area (Å²) in [6, 6.07) is 4.85. The summed E-state index contributed by atoms with van der Waals surface area (Å²) in [5.74, 6) is 0.228. The Morgan fingerprint density at radius 3 is 2.00 bits per heavy atom. The summed E-state index contributed by atoms with van der Waals surface area (Å²) in [5, 5.41) is 0. The van der Waals surface area contributed by atoms with Crippen LogP contribution in [0.15, 0.2) is 18.2 Å². The van der Waals surface area contributed by atoms with Gasteiger partial charge in [-0.05, 0) is 37.1 Å². The van der Waals surface area contributed by atoms with Crippen molar-refractivity contribution in [1.82, 2.24) is 10.9 Å². The van der Waals surface area contributed by atoms with Crippen molar-refractivity contribution in [2.24, 2.45) is 0 Å². The molecule has 1 aromatic heterocycles. The van der Waals surface area contributed by atoms with E-state index in [1.807, 2.05) is 19.9 Å². The van der Waals surface area contributed by atoms with Gasteiger partial charge in [0.05, 0.1) is 26.2 Å². The molecule has 26 heavy (non-hydrogen) atoms. The van der Waals surface area contributed by atoms with E-state index in [1.54, 1.807) is 0 Å². The molecule has 0 unspecified atom stereocenters. The highest BCUT2D eigenvalue weighted by atomic mass is 32.1. The third-order valence-corrected chi connectivity index (χ3v) is 4.93. The molecule has 2 aromatic rings. The van der Waals surface area contributed by atoms with E-state index in [9.17, 15) is 9.59 Å². The molecule has 0 saturated carbocycles. The fourth-order valence-corrected chi connectivity index (χ4v) is 3.45. The normalized spacial score (nSPS) is 10.2.